The van der Waals surface area contributed by atoms with Gasteiger partial charge in [0.1, 0.15) is 17.4 Å². The van der Waals surface area contributed by atoms with Gasteiger partial charge in [-0.05, 0) is 37.8 Å². The van der Waals surface area contributed by atoms with Crippen molar-refractivity contribution in [3.63, 3.8) is 0 Å². The summed E-state index contributed by atoms with van der Waals surface area (Å²) >= 11 is 1.75. The summed E-state index contributed by atoms with van der Waals surface area (Å²) in [5, 5.41) is 12.9. The number of hydrogen-bond donors (Lipinski definition) is 1. The molecule has 0 spiro atoms. The predicted octanol–water partition coefficient (Wildman–Crippen LogP) is 2.88. The van der Waals surface area contributed by atoms with Gasteiger partial charge in [0.15, 0.2) is 0 Å². The van der Waals surface area contributed by atoms with Crippen LogP contribution in [0.2, 0.25) is 0 Å². The number of carbonyl (C=O) groups is 1. The molecule has 0 aliphatic heterocycles. The highest BCUT2D eigenvalue weighted by Crippen LogP contribution is 2.26. The zero-order valence-corrected chi connectivity index (χ0v) is 13.5. The smallest absolute Gasteiger partial charge is 0.262 e. The van der Waals surface area contributed by atoms with Crippen LogP contribution in [0.4, 0.5) is 0 Å². The Labute approximate surface area is 138 Å². The van der Waals surface area contributed by atoms with Gasteiger partial charge in [0.05, 0.1) is 17.0 Å². The van der Waals surface area contributed by atoms with Gasteiger partial charge in [0, 0.05) is 23.9 Å². The van der Waals surface area contributed by atoms with Crippen molar-refractivity contribution in [2.24, 2.45) is 0 Å². The highest BCUT2D eigenvalue weighted by Gasteiger charge is 2.15. The van der Waals surface area contributed by atoms with Crippen LogP contribution in [0.25, 0.3) is 6.08 Å². The first-order chi connectivity index (χ1) is 11.3. The maximum Gasteiger partial charge on any atom is 0.262 e. The lowest BCUT2D eigenvalue weighted by atomic mass is 10.0. The number of carbonyl (C=O) groups excluding carboxylic acids is 1. The number of rotatable bonds is 5. The summed E-state index contributed by atoms with van der Waals surface area (Å²) in [6.45, 7) is 0.475. The third-order valence-corrected chi connectivity index (χ3v) is 4.93. The third kappa shape index (κ3) is 3.88. The zero-order valence-electron chi connectivity index (χ0n) is 12.7. The Balaban J connectivity index is 1.54. The van der Waals surface area contributed by atoms with Gasteiger partial charge in [-0.1, -0.05) is 0 Å². The SMILES string of the molecule is N#C/C(=C/c1ccco1)C(=O)NCCc1nc2c(s1)CCCC2. The maximum atomic E-state index is 12.0. The predicted molar refractivity (Wildman–Crippen MR) is 87.8 cm³/mol. The molecule has 6 heteroatoms. The number of thiazole rings is 1. The summed E-state index contributed by atoms with van der Waals surface area (Å²) in [7, 11) is 0. The van der Waals surface area contributed by atoms with Gasteiger partial charge in [-0.15, -0.1) is 11.3 Å². The molecule has 0 fully saturated rings. The van der Waals surface area contributed by atoms with Crippen LogP contribution in [0.1, 0.15) is 34.2 Å². The first-order valence-corrected chi connectivity index (χ1v) is 8.49. The minimum absolute atomic E-state index is 0.0402. The molecule has 5 nitrogen and oxygen atoms in total. The normalized spacial score (nSPS) is 14.1. The Morgan fingerprint density at radius 2 is 2.35 bits per heavy atom. The molecule has 0 bridgehead atoms. The first-order valence-electron chi connectivity index (χ1n) is 7.67. The van der Waals surface area contributed by atoms with Gasteiger partial charge < -0.3 is 9.73 Å². The van der Waals surface area contributed by atoms with E-state index in [2.05, 4.69) is 10.3 Å². The monoisotopic (exact) mass is 327 g/mol. The number of furan rings is 1. The fourth-order valence-electron chi connectivity index (χ4n) is 2.55. The summed E-state index contributed by atoms with van der Waals surface area (Å²) < 4.78 is 5.12. The molecule has 2 heterocycles. The number of fused-ring (bicyclic) bond motifs is 1. The van der Waals surface area contributed by atoms with Crippen LogP contribution in [0.15, 0.2) is 28.4 Å². The lowest BCUT2D eigenvalue weighted by Gasteiger charge is -2.06. The quantitative estimate of drug-likeness (QED) is 0.676. The van der Waals surface area contributed by atoms with Gasteiger partial charge in [-0.3, -0.25) is 4.79 Å². The molecule has 0 saturated heterocycles. The molecule has 1 N–H and O–H groups in total. The number of aromatic nitrogens is 1. The van der Waals surface area contributed by atoms with Crippen LogP contribution in [0, 0.1) is 11.3 Å². The van der Waals surface area contributed by atoms with Crippen molar-refractivity contribution in [3.8, 4) is 6.07 Å². The van der Waals surface area contributed by atoms with Crippen LogP contribution in [0.5, 0.6) is 0 Å². The van der Waals surface area contributed by atoms with E-state index in [1.54, 1.807) is 23.5 Å². The molecular weight excluding hydrogens is 310 g/mol. The summed E-state index contributed by atoms with van der Waals surface area (Å²) in [6, 6.07) is 5.31. The number of aryl methyl sites for hydroxylation is 2. The van der Waals surface area contributed by atoms with Crippen LogP contribution in [-0.4, -0.2) is 17.4 Å². The largest absolute Gasteiger partial charge is 0.465 e. The molecule has 2 aromatic rings. The summed E-state index contributed by atoms with van der Waals surface area (Å²) in [6.07, 6.45) is 8.31. The van der Waals surface area contributed by atoms with Gasteiger partial charge in [0.25, 0.3) is 5.91 Å². The summed E-state index contributed by atoms with van der Waals surface area (Å²) in [5.74, 6) is 0.106. The Bertz CT molecular complexity index is 730. The lowest BCUT2D eigenvalue weighted by molar-refractivity contribution is -0.117. The maximum absolute atomic E-state index is 12.0. The second kappa shape index (κ2) is 7.25. The topological polar surface area (TPSA) is 78.9 Å². The average molecular weight is 327 g/mol. The van der Waals surface area contributed by atoms with E-state index < -0.39 is 0 Å². The van der Waals surface area contributed by atoms with E-state index >= 15 is 0 Å². The Kier molecular flexibility index (Phi) is 4.89. The number of hydrogen-bond acceptors (Lipinski definition) is 5. The van der Waals surface area contributed by atoms with E-state index in [0.717, 1.165) is 17.8 Å². The minimum atomic E-state index is -0.384. The van der Waals surface area contributed by atoms with Crippen LogP contribution < -0.4 is 5.32 Å². The molecule has 0 atom stereocenters. The molecule has 0 radical (unpaired) electrons. The van der Waals surface area contributed by atoms with E-state index in [-0.39, 0.29) is 11.5 Å². The minimum Gasteiger partial charge on any atom is -0.465 e. The highest BCUT2D eigenvalue weighted by molar-refractivity contribution is 7.11. The first kappa shape index (κ1) is 15.5. The molecule has 0 aromatic carbocycles. The van der Waals surface area contributed by atoms with E-state index in [1.807, 2.05) is 6.07 Å². The Hall–Kier alpha value is -2.39. The molecule has 1 aliphatic rings. The van der Waals surface area contributed by atoms with Crippen molar-refractivity contribution < 1.29 is 9.21 Å². The number of nitrogens with one attached hydrogen (secondary N) is 1. The Morgan fingerprint density at radius 3 is 3.09 bits per heavy atom. The van der Waals surface area contributed by atoms with Gasteiger partial charge in [-0.25, -0.2) is 4.98 Å². The fraction of sp³-hybridized carbons (Fsp3) is 0.353. The molecule has 23 heavy (non-hydrogen) atoms. The van der Waals surface area contributed by atoms with Crippen LogP contribution in [-0.2, 0) is 24.1 Å². The molecule has 2 aromatic heterocycles. The summed E-state index contributed by atoms with van der Waals surface area (Å²) in [5.41, 5.74) is 1.27. The van der Waals surface area contributed by atoms with Crippen molar-refractivity contribution >= 4 is 23.3 Å². The average Bonchev–Trinajstić information content (AvgIpc) is 3.21. The number of amides is 1. The molecule has 1 amide bonds. The molecule has 0 unspecified atom stereocenters. The summed E-state index contributed by atoms with van der Waals surface area (Å²) in [4.78, 5) is 18.1. The van der Waals surface area contributed by atoms with E-state index in [0.29, 0.717) is 18.7 Å². The van der Waals surface area contributed by atoms with E-state index in [4.69, 9.17) is 9.68 Å². The van der Waals surface area contributed by atoms with Gasteiger partial charge in [-0.2, -0.15) is 5.26 Å². The zero-order chi connectivity index (χ0) is 16.1. The number of nitrogens with zero attached hydrogens (tertiary/aromatic N) is 2. The lowest BCUT2D eigenvalue weighted by Crippen LogP contribution is -2.26. The second-order valence-electron chi connectivity index (χ2n) is 5.38. The van der Waals surface area contributed by atoms with Gasteiger partial charge in [0.2, 0.25) is 0 Å². The standard InChI is InChI=1S/C17H17N3O2S/c18-11-12(10-13-4-3-9-22-13)17(21)19-8-7-16-20-14-5-1-2-6-15(14)23-16/h3-4,9-10H,1-2,5-8H2,(H,19,21)/b12-10-. The molecule has 118 valence electrons. The van der Waals surface area contributed by atoms with Crippen molar-refractivity contribution in [1.82, 2.24) is 10.3 Å². The second-order valence-corrected chi connectivity index (χ2v) is 6.54. The van der Waals surface area contributed by atoms with Crippen LogP contribution in [0.3, 0.4) is 0 Å². The molecule has 0 saturated carbocycles. The third-order valence-electron chi connectivity index (χ3n) is 3.71. The van der Waals surface area contributed by atoms with Crippen molar-refractivity contribution in [3.05, 3.63) is 45.3 Å². The van der Waals surface area contributed by atoms with E-state index in [1.165, 1.54) is 35.8 Å². The van der Waals surface area contributed by atoms with E-state index in [9.17, 15) is 4.79 Å². The van der Waals surface area contributed by atoms with Crippen molar-refractivity contribution in [1.29, 1.82) is 5.26 Å². The molecule has 3 rings (SSSR count). The van der Waals surface area contributed by atoms with Gasteiger partial charge >= 0.3 is 0 Å². The molecular formula is C17H17N3O2S. The van der Waals surface area contributed by atoms with Crippen molar-refractivity contribution in [2.45, 2.75) is 32.1 Å². The van der Waals surface area contributed by atoms with Crippen LogP contribution >= 0.6 is 11.3 Å². The highest BCUT2D eigenvalue weighted by atomic mass is 32.1. The fourth-order valence-corrected chi connectivity index (χ4v) is 3.71. The van der Waals surface area contributed by atoms with Crippen molar-refractivity contribution in [2.75, 3.05) is 6.54 Å². The molecule has 1 aliphatic carbocycles. The Morgan fingerprint density at radius 1 is 1.48 bits per heavy atom. The number of nitriles is 1.